The van der Waals surface area contributed by atoms with Gasteiger partial charge in [-0.25, -0.2) is 4.79 Å². The van der Waals surface area contributed by atoms with Gasteiger partial charge >= 0.3 is 5.97 Å². The summed E-state index contributed by atoms with van der Waals surface area (Å²) in [5, 5.41) is 0. The van der Waals surface area contributed by atoms with E-state index >= 15 is 0 Å². The monoisotopic (exact) mass is 326 g/mol. The first-order valence-electron chi connectivity index (χ1n) is 7.89. The van der Waals surface area contributed by atoms with E-state index in [9.17, 15) is 4.79 Å². The molecule has 0 amide bonds. The summed E-state index contributed by atoms with van der Waals surface area (Å²) in [6.07, 6.45) is 0. The van der Waals surface area contributed by atoms with E-state index in [-0.39, 0.29) is 11.6 Å². The van der Waals surface area contributed by atoms with Gasteiger partial charge in [0.15, 0.2) is 0 Å². The second kappa shape index (κ2) is 6.07. The van der Waals surface area contributed by atoms with Gasteiger partial charge in [0.2, 0.25) is 0 Å². The highest BCUT2D eigenvalue weighted by Crippen LogP contribution is 2.38. The molecule has 2 N–H and O–H groups in total. The molecule has 0 spiro atoms. The summed E-state index contributed by atoms with van der Waals surface area (Å²) >= 11 is 0. The number of carbonyl (C=O) groups is 1. The summed E-state index contributed by atoms with van der Waals surface area (Å²) in [7, 11) is 1.38. The first-order valence-corrected chi connectivity index (χ1v) is 7.89. The number of methoxy groups -OCH3 is 1. The summed E-state index contributed by atoms with van der Waals surface area (Å²) < 4.78 is 10.8. The molecule has 2 aromatic rings. The summed E-state index contributed by atoms with van der Waals surface area (Å²) in [6, 6.07) is 13.2. The fourth-order valence-electron chi connectivity index (χ4n) is 2.97. The molecule has 1 heterocycles. The van der Waals surface area contributed by atoms with E-state index in [1.165, 1.54) is 7.11 Å². The predicted molar refractivity (Wildman–Crippen MR) is 94.4 cm³/mol. The van der Waals surface area contributed by atoms with E-state index in [1.54, 1.807) is 12.1 Å². The zero-order valence-corrected chi connectivity index (χ0v) is 14.2. The molecular weight excluding hydrogens is 304 g/mol. The maximum atomic E-state index is 11.5. The number of nitrogens with two attached hydrogens (primary N) is 1. The lowest BCUT2D eigenvalue weighted by atomic mass is 10.0. The van der Waals surface area contributed by atoms with Crippen molar-refractivity contribution in [3.8, 4) is 5.75 Å². The van der Waals surface area contributed by atoms with Crippen LogP contribution in [0.1, 0.15) is 29.8 Å². The Bertz CT molecular complexity index is 754. The highest BCUT2D eigenvalue weighted by molar-refractivity contribution is 5.89. The van der Waals surface area contributed by atoms with Gasteiger partial charge in [-0.2, -0.15) is 0 Å². The van der Waals surface area contributed by atoms with Crippen molar-refractivity contribution < 1.29 is 14.3 Å². The van der Waals surface area contributed by atoms with Gasteiger partial charge in [-0.3, -0.25) is 0 Å². The normalized spacial score (nSPS) is 15.4. The van der Waals surface area contributed by atoms with Crippen LogP contribution in [0.2, 0.25) is 0 Å². The molecule has 5 heteroatoms. The molecule has 1 aliphatic heterocycles. The molecule has 3 rings (SSSR count). The Balaban J connectivity index is 1.87. The molecule has 5 nitrogen and oxygen atoms in total. The van der Waals surface area contributed by atoms with E-state index in [4.69, 9.17) is 15.2 Å². The van der Waals surface area contributed by atoms with Crippen LogP contribution in [0.5, 0.6) is 5.75 Å². The molecule has 2 aromatic carbocycles. The van der Waals surface area contributed by atoms with Crippen LogP contribution < -0.4 is 15.4 Å². The number of benzene rings is 2. The molecular formula is C19H22N2O3. The van der Waals surface area contributed by atoms with Crippen molar-refractivity contribution in [1.82, 2.24) is 0 Å². The molecule has 0 radical (unpaired) electrons. The van der Waals surface area contributed by atoms with E-state index in [0.717, 1.165) is 23.5 Å². The Kier molecular flexibility index (Phi) is 4.09. The van der Waals surface area contributed by atoms with Crippen molar-refractivity contribution in [1.29, 1.82) is 0 Å². The van der Waals surface area contributed by atoms with Gasteiger partial charge in [0, 0.05) is 12.2 Å². The van der Waals surface area contributed by atoms with Crippen molar-refractivity contribution in [3.05, 3.63) is 53.6 Å². The number of rotatable bonds is 3. The number of anilines is 2. The van der Waals surface area contributed by atoms with E-state index in [2.05, 4.69) is 18.7 Å². The summed E-state index contributed by atoms with van der Waals surface area (Å²) in [4.78, 5) is 13.8. The van der Waals surface area contributed by atoms with E-state index in [1.807, 2.05) is 30.3 Å². The standard InChI is InChI=1S/C19H22N2O3/c1-19(2)12-21(16-10-15(20)8-9-17(16)24-19)11-13-4-6-14(7-5-13)18(22)23-3/h4-10H,11-12,20H2,1-3H3. The summed E-state index contributed by atoms with van der Waals surface area (Å²) in [5.74, 6) is 0.513. The molecule has 0 aliphatic carbocycles. The Morgan fingerprint density at radius 2 is 1.96 bits per heavy atom. The minimum Gasteiger partial charge on any atom is -0.484 e. The Morgan fingerprint density at radius 3 is 2.62 bits per heavy atom. The molecule has 0 saturated heterocycles. The molecule has 0 bridgehead atoms. The SMILES string of the molecule is COC(=O)c1ccc(CN2CC(C)(C)Oc3ccc(N)cc32)cc1. The van der Waals surface area contributed by atoms with Crippen LogP contribution >= 0.6 is 0 Å². The zero-order valence-electron chi connectivity index (χ0n) is 14.2. The average Bonchev–Trinajstić information content (AvgIpc) is 2.55. The second-order valence-electron chi connectivity index (χ2n) is 6.63. The lowest BCUT2D eigenvalue weighted by Gasteiger charge is -2.41. The van der Waals surface area contributed by atoms with Crippen LogP contribution in [-0.4, -0.2) is 25.2 Å². The van der Waals surface area contributed by atoms with Crippen LogP contribution in [0.15, 0.2) is 42.5 Å². The van der Waals surface area contributed by atoms with Crippen LogP contribution in [0.3, 0.4) is 0 Å². The fraction of sp³-hybridized carbons (Fsp3) is 0.316. The maximum Gasteiger partial charge on any atom is 0.337 e. The summed E-state index contributed by atoms with van der Waals surface area (Å²) in [5.41, 5.74) is 9.02. The Morgan fingerprint density at radius 1 is 1.25 bits per heavy atom. The van der Waals surface area contributed by atoms with Crippen molar-refractivity contribution in [2.24, 2.45) is 0 Å². The first-order chi connectivity index (χ1) is 11.4. The van der Waals surface area contributed by atoms with Crippen LogP contribution in [0, 0.1) is 0 Å². The Labute approximate surface area is 142 Å². The van der Waals surface area contributed by atoms with E-state index in [0.29, 0.717) is 17.8 Å². The van der Waals surface area contributed by atoms with Gasteiger partial charge < -0.3 is 20.1 Å². The van der Waals surface area contributed by atoms with Gasteiger partial charge in [-0.05, 0) is 49.7 Å². The van der Waals surface area contributed by atoms with Gasteiger partial charge in [-0.1, -0.05) is 12.1 Å². The number of esters is 1. The molecule has 0 fully saturated rings. The fourth-order valence-corrected chi connectivity index (χ4v) is 2.97. The third kappa shape index (κ3) is 3.30. The maximum absolute atomic E-state index is 11.5. The van der Waals surface area contributed by atoms with Gasteiger partial charge in [0.25, 0.3) is 0 Å². The molecule has 0 atom stereocenters. The smallest absolute Gasteiger partial charge is 0.337 e. The topological polar surface area (TPSA) is 64.8 Å². The van der Waals surface area contributed by atoms with Crippen LogP contribution in [0.4, 0.5) is 11.4 Å². The number of carbonyl (C=O) groups excluding carboxylic acids is 1. The lowest BCUT2D eigenvalue weighted by molar-refractivity contribution is 0.0600. The summed E-state index contributed by atoms with van der Waals surface area (Å²) in [6.45, 7) is 5.60. The highest BCUT2D eigenvalue weighted by Gasteiger charge is 2.31. The number of hydrogen-bond acceptors (Lipinski definition) is 5. The highest BCUT2D eigenvalue weighted by atomic mass is 16.5. The molecule has 0 unspecified atom stereocenters. The van der Waals surface area contributed by atoms with Crippen molar-refractivity contribution in [2.75, 3.05) is 24.3 Å². The van der Waals surface area contributed by atoms with Gasteiger partial charge in [-0.15, -0.1) is 0 Å². The van der Waals surface area contributed by atoms with Crippen LogP contribution in [0.25, 0.3) is 0 Å². The molecule has 24 heavy (non-hydrogen) atoms. The lowest BCUT2D eigenvalue weighted by Crippen LogP contribution is -2.46. The number of ether oxygens (including phenoxy) is 2. The van der Waals surface area contributed by atoms with Gasteiger partial charge in [0.05, 0.1) is 24.9 Å². The number of nitrogens with zero attached hydrogens (tertiary/aromatic N) is 1. The second-order valence-corrected chi connectivity index (χ2v) is 6.63. The van der Waals surface area contributed by atoms with Crippen LogP contribution in [-0.2, 0) is 11.3 Å². The number of nitrogen functional groups attached to an aromatic ring is 1. The largest absolute Gasteiger partial charge is 0.484 e. The molecule has 126 valence electrons. The third-order valence-corrected chi connectivity index (χ3v) is 4.03. The average molecular weight is 326 g/mol. The Hall–Kier alpha value is -2.69. The third-order valence-electron chi connectivity index (χ3n) is 4.03. The van der Waals surface area contributed by atoms with Gasteiger partial charge in [0.1, 0.15) is 11.4 Å². The molecule has 0 aromatic heterocycles. The molecule has 0 saturated carbocycles. The zero-order chi connectivity index (χ0) is 17.3. The quantitative estimate of drug-likeness (QED) is 0.693. The van der Waals surface area contributed by atoms with E-state index < -0.39 is 0 Å². The van der Waals surface area contributed by atoms with Crippen molar-refractivity contribution in [2.45, 2.75) is 26.0 Å². The predicted octanol–water partition coefficient (Wildman–Crippen LogP) is 3.23. The van der Waals surface area contributed by atoms with Crippen molar-refractivity contribution in [3.63, 3.8) is 0 Å². The minimum absolute atomic E-state index is 0.283. The van der Waals surface area contributed by atoms with Crippen molar-refractivity contribution >= 4 is 17.3 Å². The number of hydrogen-bond donors (Lipinski definition) is 1. The first kappa shape index (κ1) is 16.2. The number of fused-ring (bicyclic) bond motifs is 1. The minimum atomic E-state index is -0.327. The molecule has 1 aliphatic rings.